The number of allylic oxidation sites excluding steroid dienone is 4. The van der Waals surface area contributed by atoms with Crippen LogP contribution in [0, 0.1) is 46.3 Å². The van der Waals surface area contributed by atoms with Crippen LogP contribution in [0.4, 0.5) is 0 Å². The molecule has 6 rings (SSSR count). The molecule has 4 fully saturated rings. The van der Waals surface area contributed by atoms with Crippen LogP contribution in [0.3, 0.4) is 0 Å². The van der Waals surface area contributed by atoms with Crippen molar-refractivity contribution in [1.82, 2.24) is 0 Å². The van der Waals surface area contributed by atoms with Gasteiger partial charge in [-0.05, 0) is 75.4 Å². The maximum Gasteiger partial charge on any atom is 0.334 e. The predicted octanol–water partition coefficient (Wildman–Crippen LogP) is 4.17. The number of rotatable bonds is 7. The summed E-state index contributed by atoms with van der Waals surface area (Å²) >= 11 is 0. The second-order valence-electron chi connectivity index (χ2n) is 14.5. The molecule has 0 amide bonds. The van der Waals surface area contributed by atoms with Crippen molar-refractivity contribution in [3.63, 3.8) is 0 Å². The Morgan fingerprint density at radius 2 is 1.11 bits per heavy atom. The monoisotopic (exact) mass is 634 g/mol. The van der Waals surface area contributed by atoms with Crippen molar-refractivity contribution in [2.24, 2.45) is 46.3 Å². The summed E-state index contributed by atoms with van der Waals surface area (Å²) in [4.78, 5) is 77.8. The third-order valence-electron chi connectivity index (χ3n) is 11.8. The van der Waals surface area contributed by atoms with Crippen LogP contribution < -0.4 is 0 Å². The highest BCUT2D eigenvalue weighted by molar-refractivity contribution is 6.00. The van der Waals surface area contributed by atoms with Crippen molar-refractivity contribution >= 4 is 35.4 Å². The number of fused-ring (bicyclic) bond motifs is 4. The summed E-state index contributed by atoms with van der Waals surface area (Å²) in [6, 6.07) is 0. The summed E-state index contributed by atoms with van der Waals surface area (Å²) in [5.41, 5.74) is -1.70. The summed E-state index contributed by atoms with van der Waals surface area (Å²) in [5, 5.41) is 0. The van der Waals surface area contributed by atoms with E-state index < -0.39 is 71.0 Å². The predicted molar refractivity (Wildman–Crippen MR) is 162 cm³/mol. The zero-order valence-electron chi connectivity index (χ0n) is 26.8. The molecule has 2 saturated carbocycles. The van der Waals surface area contributed by atoms with Crippen molar-refractivity contribution < 1.29 is 47.7 Å². The third kappa shape index (κ3) is 4.82. The van der Waals surface area contributed by atoms with Gasteiger partial charge in [-0.25, -0.2) is 9.59 Å². The number of ether oxygens (including phenoxy) is 4. The smallest absolute Gasteiger partial charge is 0.334 e. The Hall–Kier alpha value is -3.82. The maximum absolute atomic E-state index is 13.2. The molecular formula is C36H42O10. The van der Waals surface area contributed by atoms with Gasteiger partial charge in [0.15, 0.2) is 11.6 Å². The molecule has 6 aliphatic rings. The van der Waals surface area contributed by atoms with Crippen molar-refractivity contribution in [2.45, 2.75) is 90.6 Å². The Morgan fingerprint density at radius 1 is 0.739 bits per heavy atom. The molecule has 2 saturated heterocycles. The fourth-order valence-corrected chi connectivity index (χ4v) is 9.23. The molecule has 0 aromatic heterocycles. The first-order chi connectivity index (χ1) is 21.7. The number of carbonyl (C=O) groups is 6. The van der Waals surface area contributed by atoms with E-state index in [2.05, 4.69) is 13.2 Å². The van der Waals surface area contributed by atoms with Gasteiger partial charge in [-0.2, -0.15) is 0 Å². The number of hydrogen-bond donors (Lipinski definition) is 0. The first-order valence-electron chi connectivity index (χ1n) is 16.3. The molecule has 2 aliphatic heterocycles. The molecule has 10 heteroatoms. The lowest BCUT2D eigenvalue weighted by molar-refractivity contribution is -0.167. The lowest BCUT2D eigenvalue weighted by Crippen LogP contribution is -2.49. The van der Waals surface area contributed by atoms with E-state index in [1.807, 2.05) is 26.0 Å². The maximum atomic E-state index is 13.2. The van der Waals surface area contributed by atoms with Crippen LogP contribution in [0.25, 0.3) is 0 Å². The van der Waals surface area contributed by atoms with Crippen LogP contribution in [0.5, 0.6) is 0 Å². The molecule has 0 radical (unpaired) electrons. The summed E-state index contributed by atoms with van der Waals surface area (Å²) in [5.74, 6) is -4.07. The van der Waals surface area contributed by atoms with Crippen LogP contribution >= 0.6 is 0 Å². The van der Waals surface area contributed by atoms with Crippen molar-refractivity contribution in [1.29, 1.82) is 0 Å². The summed E-state index contributed by atoms with van der Waals surface area (Å²) < 4.78 is 23.2. The van der Waals surface area contributed by atoms with E-state index in [0.717, 1.165) is 0 Å². The van der Waals surface area contributed by atoms with Crippen LogP contribution in [0.15, 0.2) is 48.6 Å². The first-order valence-corrected chi connectivity index (χ1v) is 16.3. The molecule has 0 bridgehead atoms. The molecule has 10 nitrogen and oxygen atoms in total. The van der Waals surface area contributed by atoms with Gasteiger partial charge in [-0.3, -0.25) is 19.2 Å². The van der Waals surface area contributed by atoms with E-state index in [0.29, 0.717) is 25.7 Å². The van der Waals surface area contributed by atoms with Crippen LogP contribution in [0.2, 0.25) is 0 Å². The Balaban J connectivity index is 1.10. The highest BCUT2D eigenvalue weighted by Crippen LogP contribution is 2.56. The minimum Gasteiger partial charge on any atom is -0.460 e. The number of esters is 4. The minimum absolute atomic E-state index is 0.0134. The normalized spacial score (nSPS) is 42.4. The molecule has 0 unspecified atom stereocenters. The summed E-state index contributed by atoms with van der Waals surface area (Å²) in [6.07, 6.45) is 5.51. The zero-order valence-corrected chi connectivity index (χ0v) is 26.8. The highest BCUT2D eigenvalue weighted by atomic mass is 16.6. The van der Waals surface area contributed by atoms with Crippen LogP contribution in [0.1, 0.15) is 66.2 Å². The second-order valence-corrected chi connectivity index (χ2v) is 14.5. The largest absolute Gasteiger partial charge is 0.460 e. The van der Waals surface area contributed by atoms with Crippen molar-refractivity contribution in [2.75, 3.05) is 0 Å². The number of unbranched alkanes of at least 4 members (excludes halogenated alkanes) is 1. The summed E-state index contributed by atoms with van der Waals surface area (Å²) in [7, 11) is 0. The number of carbonyl (C=O) groups excluding carboxylic acids is 6. The first kappa shape index (κ1) is 32.1. The van der Waals surface area contributed by atoms with E-state index in [1.165, 1.54) is 12.2 Å². The molecule has 0 N–H and O–H groups in total. The molecule has 2 heterocycles. The standard InChI is InChI=1S/C36H42O10/c1-17-15-23-29(19(3)33(41)43-23)31(35(5)21(17)11-13-25(35)37)45-27(39)9-7-8-10-28(40)46-32-30-20(4)34(42)44-24(30)16-18(2)22-12-14-26(38)36(22,32)6/h11-14,17-18,21-24,29-32H,3-4,7-10,15-16H2,1-2,5-6H3/t17-,18-,21+,22+,23-,24-,29-,30-,31+,32+,35+,36+/m1/s1. The molecule has 246 valence electrons. The molecule has 4 aliphatic carbocycles. The Kier molecular flexibility index (Phi) is 8.00. The van der Waals surface area contributed by atoms with E-state index in [9.17, 15) is 28.8 Å². The van der Waals surface area contributed by atoms with Gasteiger partial charge in [-0.15, -0.1) is 0 Å². The number of hydrogen-bond acceptors (Lipinski definition) is 10. The van der Waals surface area contributed by atoms with Gasteiger partial charge in [0.2, 0.25) is 0 Å². The van der Waals surface area contributed by atoms with Crippen LogP contribution in [-0.4, -0.2) is 59.9 Å². The SMILES string of the molecule is C=C1C(=O)O[C@@H]2C[C@@H](C)[C@@H]3C=CC(=O)[C@@]3(C)[C@@H](OC(=O)CCCCC(=O)O[C@H]3[C@@H]4C(=C)C(=O)O[C@@H]4C[C@@H](C)[C@@H]4C=CC(=O)[C@]43C)[C@H]12. The minimum atomic E-state index is -1.06. The average Bonchev–Trinajstić information content (AvgIpc) is 3.62. The fourth-order valence-electron chi connectivity index (χ4n) is 9.23. The van der Waals surface area contributed by atoms with Gasteiger partial charge in [0.1, 0.15) is 24.4 Å². The Labute approximate surface area is 268 Å². The van der Waals surface area contributed by atoms with Gasteiger partial charge in [0.25, 0.3) is 0 Å². The van der Waals surface area contributed by atoms with Gasteiger partial charge in [0.05, 0.1) is 22.7 Å². The van der Waals surface area contributed by atoms with Gasteiger partial charge in [0, 0.05) is 24.0 Å². The lowest BCUT2D eigenvalue weighted by atomic mass is 9.67. The molecular weight excluding hydrogens is 592 g/mol. The van der Waals surface area contributed by atoms with Crippen molar-refractivity contribution in [3.8, 4) is 0 Å². The van der Waals surface area contributed by atoms with E-state index in [1.54, 1.807) is 13.8 Å². The number of ketones is 2. The Bertz CT molecular complexity index is 1380. The Morgan fingerprint density at radius 3 is 1.48 bits per heavy atom. The second kappa shape index (κ2) is 11.5. The third-order valence-corrected chi connectivity index (χ3v) is 11.8. The fraction of sp³-hybridized carbons (Fsp3) is 0.611. The molecule has 12 atom stereocenters. The van der Waals surface area contributed by atoms with Gasteiger partial charge in [-0.1, -0.05) is 39.2 Å². The summed E-state index contributed by atoms with van der Waals surface area (Å²) in [6.45, 7) is 15.4. The molecule has 46 heavy (non-hydrogen) atoms. The van der Waals surface area contributed by atoms with Crippen molar-refractivity contribution in [3.05, 3.63) is 48.6 Å². The highest BCUT2D eigenvalue weighted by Gasteiger charge is 2.63. The van der Waals surface area contributed by atoms with Gasteiger partial charge < -0.3 is 18.9 Å². The van der Waals surface area contributed by atoms with Crippen LogP contribution in [-0.2, 0) is 47.7 Å². The molecule has 0 aromatic carbocycles. The zero-order chi connectivity index (χ0) is 33.3. The lowest BCUT2D eigenvalue weighted by Gasteiger charge is -2.39. The van der Waals surface area contributed by atoms with E-state index >= 15 is 0 Å². The van der Waals surface area contributed by atoms with Gasteiger partial charge >= 0.3 is 23.9 Å². The van der Waals surface area contributed by atoms with E-state index in [-0.39, 0.29) is 59.2 Å². The molecule has 0 aromatic rings. The van der Waals surface area contributed by atoms with E-state index in [4.69, 9.17) is 18.9 Å². The average molecular weight is 635 g/mol. The quantitative estimate of drug-likeness (QED) is 0.174. The molecule has 0 spiro atoms. The topological polar surface area (TPSA) is 139 Å².